The van der Waals surface area contributed by atoms with Crippen LogP contribution in [0.4, 0.5) is 17.6 Å². The van der Waals surface area contributed by atoms with Crippen LogP contribution in [0.1, 0.15) is 5.56 Å². The van der Waals surface area contributed by atoms with Crippen LogP contribution in [0.5, 0.6) is 0 Å². The van der Waals surface area contributed by atoms with E-state index < -0.39 is 0 Å². The molecule has 0 amide bonds. The summed E-state index contributed by atoms with van der Waals surface area (Å²) in [6.07, 6.45) is 0. The van der Waals surface area contributed by atoms with Gasteiger partial charge in [-0.05, 0) is 18.6 Å². The Kier molecular flexibility index (Phi) is 4.12. The first-order valence-electron chi connectivity index (χ1n) is 8.78. The highest BCUT2D eigenvalue weighted by Crippen LogP contribution is 2.25. The monoisotopic (exact) mass is 353 g/mol. The molecule has 0 saturated carbocycles. The minimum Gasteiger partial charge on any atom is -0.340 e. The van der Waals surface area contributed by atoms with E-state index >= 15 is 0 Å². The van der Waals surface area contributed by atoms with E-state index in [1.54, 1.807) is 11.6 Å². The average Bonchev–Trinajstić information content (AvgIpc) is 3.10. The molecular formula is C18H23N7O. The molecule has 4 rings (SSSR count). The molecule has 1 aromatic carbocycles. The summed E-state index contributed by atoms with van der Waals surface area (Å²) in [5.74, 6) is 1.27. The van der Waals surface area contributed by atoms with Crippen molar-refractivity contribution in [2.24, 2.45) is 7.05 Å². The van der Waals surface area contributed by atoms with E-state index in [4.69, 9.17) is 0 Å². The first-order chi connectivity index (χ1) is 12.6. The van der Waals surface area contributed by atoms with Gasteiger partial charge in [0.15, 0.2) is 11.2 Å². The Hall–Kier alpha value is -2.87. The van der Waals surface area contributed by atoms with E-state index in [9.17, 15) is 4.79 Å². The number of imidazole rings is 1. The molecule has 8 heteroatoms. The highest BCUT2D eigenvalue weighted by molar-refractivity contribution is 5.75. The number of aryl methyl sites for hydroxylation is 1. The van der Waals surface area contributed by atoms with Gasteiger partial charge in [0.05, 0.1) is 0 Å². The normalized spacial score (nSPS) is 14.8. The predicted molar refractivity (Wildman–Crippen MR) is 103 cm³/mol. The summed E-state index contributed by atoms with van der Waals surface area (Å²) in [4.78, 5) is 29.4. The zero-order chi connectivity index (χ0) is 18.3. The first kappa shape index (κ1) is 16.6. The average molecular weight is 353 g/mol. The lowest BCUT2D eigenvalue weighted by atomic mass is 10.2. The van der Waals surface area contributed by atoms with Crippen LogP contribution >= 0.6 is 0 Å². The number of benzene rings is 1. The van der Waals surface area contributed by atoms with Gasteiger partial charge in [-0.15, -0.1) is 0 Å². The third-order valence-corrected chi connectivity index (χ3v) is 4.89. The van der Waals surface area contributed by atoms with Crippen LogP contribution in [0.15, 0.2) is 29.1 Å². The number of nitrogens with one attached hydrogen (secondary N) is 2. The minimum atomic E-state index is -0.126. The number of hydrogen-bond acceptors (Lipinski definition) is 6. The SMILES string of the molecule is Cc1ccccc1N(C)c1nc2nc(N3CCNCC3)[nH]c2c(=O)n1C. The number of hydrogen-bond donors (Lipinski definition) is 2. The Morgan fingerprint density at radius 2 is 1.88 bits per heavy atom. The smallest absolute Gasteiger partial charge is 0.280 e. The van der Waals surface area contributed by atoms with Gasteiger partial charge in [0.1, 0.15) is 0 Å². The second kappa shape index (κ2) is 6.45. The maximum Gasteiger partial charge on any atom is 0.280 e. The number of anilines is 3. The van der Waals surface area contributed by atoms with Crippen LogP contribution in [0.3, 0.4) is 0 Å². The van der Waals surface area contributed by atoms with E-state index in [2.05, 4.69) is 25.2 Å². The van der Waals surface area contributed by atoms with Crippen molar-refractivity contribution < 1.29 is 0 Å². The summed E-state index contributed by atoms with van der Waals surface area (Å²) >= 11 is 0. The van der Waals surface area contributed by atoms with Crippen LogP contribution < -0.4 is 20.7 Å². The maximum absolute atomic E-state index is 12.9. The molecule has 136 valence electrons. The van der Waals surface area contributed by atoms with Crippen molar-refractivity contribution in [3.05, 3.63) is 40.2 Å². The van der Waals surface area contributed by atoms with Gasteiger partial charge in [-0.2, -0.15) is 9.97 Å². The minimum absolute atomic E-state index is 0.126. The number of H-pyrrole nitrogens is 1. The maximum atomic E-state index is 12.9. The number of piperazine rings is 1. The summed E-state index contributed by atoms with van der Waals surface area (Å²) in [6, 6.07) is 8.03. The fourth-order valence-electron chi connectivity index (χ4n) is 3.38. The number of para-hydroxylation sites is 1. The molecule has 1 fully saturated rings. The fourth-order valence-corrected chi connectivity index (χ4v) is 3.38. The molecule has 0 aliphatic carbocycles. The van der Waals surface area contributed by atoms with Crippen molar-refractivity contribution in [1.29, 1.82) is 0 Å². The molecule has 2 N–H and O–H groups in total. The standard InChI is InChI=1S/C18H23N7O/c1-12-6-4-5-7-13(12)23(2)18-22-15-14(16(26)24(18)3)20-17(21-15)25-10-8-19-9-11-25/h4-7,19H,8-11H2,1-3H3,(H,20,21). The number of fused-ring (bicyclic) bond motifs is 1. The van der Waals surface area contributed by atoms with Crippen LogP contribution in [0.2, 0.25) is 0 Å². The molecule has 0 atom stereocenters. The van der Waals surface area contributed by atoms with Gasteiger partial charge < -0.3 is 20.1 Å². The van der Waals surface area contributed by atoms with E-state index in [0.29, 0.717) is 23.1 Å². The molecule has 0 bridgehead atoms. The number of rotatable bonds is 3. The highest BCUT2D eigenvalue weighted by Gasteiger charge is 2.20. The van der Waals surface area contributed by atoms with Gasteiger partial charge in [-0.3, -0.25) is 9.36 Å². The van der Waals surface area contributed by atoms with Crippen LogP contribution in [-0.4, -0.2) is 52.7 Å². The molecular weight excluding hydrogens is 330 g/mol. The summed E-state index contributed by atoms with van der Waals surface area (Å²) < 4.78 is 1.56. The zero-order valence-electron chi connectivity index (χ0n) is 15.3. The van der Waals surface area contributed by atoms with Crippen LogP contribution in [0, 0.1) is 6.92 Å². The van der Waals surface area contributed by atoms with Crippen molar-refractivity contribution in [2.45, 2.75) is 6.92 Å². The lowest BCUT2D eigenvalue weighted by molar-refractivity contribution is 0.582. The molecule has 0 unspecified atom stereocenters. The van der Waals surface area contributed by atoms with Gasteiger partial charge in [0, 0.05) is 46.0 Å². The van der Waals surface area contributed by atoms with Crippen LogP contribution in [0.25, 0.3) is 11.2 Å². The number of aromatic nitrogens is 4. The van der Waals surface area contributed by atoms with Crippen molar-refractivity contribution in [3.8, 4) is 0 Å². The van der Waals surface area contributed by atoms with Crippen LogP contribution in [-0.2, 0) is 7.05 Å². The van der Waals surface area contributed by atoms with E-state index in [0.717, 1.165) is 37.4 Å². The molecule has 2 aromatic heterocycles. The fraction of sp³-hybridized carbons (Fsp3) is 0.389. The summed E-state index contributed by atoms with van der Waals surface area (Å²) in [5.41, 5.74) is 2.90. The van der Waals surface area contributed by atoms with Crippen molar-refractivity contribution in [1.82, 2.24) is 24.8 Å². The predicted octanol–water partition coefficient (Wildman–Crippen LogP) is 1.14. The van der Waals surface area contributed by atoms with Crippen molar-refractivity contribution >= 4 is 28.7 Å². The Labute approximate surface area is 151 Å². The quantitative estimate of drug-likeness (QED) is 0.735. The highest BCUT2D eigenvalue weighted by atomic mass is 16.1. The van der Waals surface area contributed by atoms with E-state index in [1.807, 2.05) is 43.1 Å². The Morgan fingerprint density at radius 3 is 2.62 bits per heavy atom. The van der Waals surface area contributed by atoms with Gasteiger partial charge in [0.2, 0.25) is 11.9 Å². The first-order valence-corrected chi connectivity index (χ1v) is 8.78. The van der Waals surface area contributed by atoms with Crippen molar-refractivity contribution in [2.75, 3.05) is 43.0 Å². The molecule has 26 heavy (non-hydrogen) atoms. The molecule has 1 saturated heterocycles. The third-order valence-electron chi connectivity index (χ3n) is 4.89. The summed E-state index contributed by atoms with van der Waals surface area (Å²) in [5, 5.41) is 3.31. The van der Waals surface area contributed by atoms with Gasteiger partial charge in [-0.25, -0.2) is 0 Å². The van der Waals surface area contributed by atoms with Crippen molar-refractivity contribution in [3.63, 3.8) is 0 Å². The van der Waals surface area contributed by atoms with E-state index in [1.165, 1.54) is 0 Å². The second-order valence-corrected chi connectivity index (χ2v) is 6.62. The van der Waals surface area contributed by atoms with E-state index in [-0.39, 0.29) is 5.56 Å². The molecule has 8 nitrogen and oxygen atoms in total. The molecule has 3 heterocycles. The lowest BCUT2D eigenvalue weighted by Gasteiger charge is -2.26. The molecule has 1 aliphatic rings. The van der Waals surface area contributed by atoms with Gasteiger partial charge in [-0.1, -0.05) is 18.2 Å². The number of nitrogens with zero attached hydrogens (tertiary/aromatic N) is 5. The van der Waals surface area contributed by atoms with Gasteiger partial charge >= 0.3 is 0 Å². The number of aromatic amines is 1. The zero-order valence-corrected chi connectivity index (χ0v) is 15.3. The topological polar surface area (TPSA) is 82.1 Å². The molecule has 3 aromatic rings. The molecule has 0 spiro atoms. The Bertz CT molecular complexity index is 1000. The molecule has 0 radical (unpaired) electrons. The largest absolute Gasteiger partial charge is 0.340 e. The second-order valence-electron chi connectivity index (χ2n) is 6.62. The third kappa shape index (κ3) is 2.72. The lowest BCUT2D eigenvalue weighted by Crippen LogP contribution is -2.44. The Balaban J connectivity index is 1.80. The summed E-state index contributed by atoms with van der Waals surface area (Å²) in [6.45, 7) is 5.57. The Morgan fingerprint density at radius 1 is 1.15 bits per heavy atom. The summed E-state index contributed by atoms with van der Waals surface area (Å²) in [7, 11) is 3.66. The van der Waals surface area contributed by atoms with Gasteiger partial charge in [0.25, 0.3) is 5.56 Å². The molecule has 1 aliphatic heterocycles.